The summed E-state index contributed by atoms with van der Waals surface area (Å²) in [5.74, 6) is 2.04. The van der Waals surface area contributed by atoms with E-state index in [1.54, 1.807) is 11.3 Å². The summed E-state index contributed by atoms with van der Waals surface area (Å²) in [5.41, 5.74) is 3.43. The number of carbonyl (C=O) groups excluding carboxylic acids is 1. The van der Waals surface area contributed by atoms with Crippen molar-refractivity contribution in [3.63, 3.8) is 0 Å². The largest absolute Gasteiger partial charge is 0.486 e. The molecule has 3 aromatic rings. The first-order chi connectivity index (χ1) is 15.8. The van der Waals surface area contributed by atoms with Gasteiger partial charge in [0.15, 0.2) is 11.5 Å². The zero-order valence-electron chi connectivity index (χ0n) is 19.2. The molecule has 0 fully saturated rings. The van der Waals surface area contributed by atoms with E-state index in [1.165, 1.54) is 0 Å². The van der Waals surface area contributed by atoms with E-state index < -0.39 is 5.60 Å². The number of aryl methyl sites for hydroxylation is 1. The molecule has 0 saturated heterocycles. The van der Waals surface area contributed by atoms with Crippen molar-refractivity contribution in [2.24, 2.45) is 0 Å². The van der Waals surface area contributed by atoms with Crippen LogP contribution in [-0.4, -0.2) is 40.8 Å². The van der Waals surface area contributed by atoms with Crippen LogP contribution in [-0.2, 0) is 16.0 Å². The van der Waals surface area contributed by atoms with E-state index in [9.17, 15) is 4.79 Å². The van der Waals surface area contributed by atoms with Crippen molar-refractivity contribution in [3.8, 4) is 33.3 Å². The maximum absolute atomic E-state index is 12.5. The molecule has 4 heterocycles. The van der Waals surface area contributed by atoms with Gasteiger partial charge in [-0.05, 0) is 70.4 Å². The van der Waals surface area contributed by atoms with E-state index >= 15 is 0 Å². The van der Waals surface area contributed by atoms with Gasteiger partial charge >= 0.3 is 5.97 Å². The van der Waals surface area contributed by atoms with E-state index in [2.05, 4.69) is 17.2 Å². The molecule has 0 radical (unpaired) electrons. The molecule has 8 heteroatoms. The lowest BCUT2D eigenvalue weighted by atomic mass is 10.0. The minimum Gasteiger partial charge on any atom is -0.486 e. The average molecular weight is 466 g/mol. The Labute approximate surface area is 197 Å². The van der Waals surface area contributed by atoms with Crippen LogP contribution in [0.25, 0.3) is 21.8 Å². The third-order valence-corrected chi connectivity index (χ3v) is 6.76. The van der Waals surface area contributed by atoms with Crippen LogP contribution in [0.5, 0.6) is 11.5 Å². The summed E-state index contributed by atoms with van der Waals surface area (Å²) in [6, 6.07) is 7.53. The molecule has 0 spiro atoms. The number of hydrogen-bond acceptors (Lipinski definition) is 8. The molecular formula is C25H27N3O4S. The summed E-state index contributed by atoms with van der Waals surface area (Å²) in [7, 11) is 0. The van der Waals surface area contributed by atoms with Crippen LogP contribution in [0.2, 0.25) is 0 Å². The predicted octanol–water partition coefficient (Wildman–Crippen LogP) is 5.02. The Morgan fingerprint density at radius 1 is 1.18 bits per heavy atom. The number of nitrogens with zero attached hydrogens (tertiary/aromatic N) is 2. The van der Waals surface area contributed by atoms with Crippen LogP contribution in [0.4, 0.5) is 5.82 Å². The average Bonchev–Trinajstić information content (AvgIpc) is 3.21. The highest BCUT2D eigenvalue weighted by Crippen LogP contribution is 2.40. The second kappa shape index (κ2) is 8.33. The molecule has 2 aliphatic rings. The van der Waals surface area contributed by atoms with Crippen molar-refractivity contribution < 1.29 is 19.0 Å². The Morgan fingerprint density at radius 2 is 1.97 bits per heavy atom. The number of anilines is 1. The molecule has 172 valence electrons. The Morgan fingerprint density at radius 3 is 2.76 bits per heavy atom. The number of thiazole rings is 1. The molecule has 7 nitrogen and oxygen atoms in total. The van der Waals surface area contributed by atoms with Crippen LogP contribution in [0, 0.1) is 6.92 Å². The lowest BCUT2D eigenvalue weighted by Gasteiger charge is -2.26. The fourth-order valence-corrected chi connectivity index (χ4v) is 5.18. The second-order valence-electron chi connectivity index (χ2n) is 9.25. The number of pyridine rings is 1. The van der Waals surface area contributed by atoms with Crippen molar-refractivity contribution in [3.05, 3.63) is 40.9 Å². The van der Waals surface area contributed by atoms with Gasteiger partial charge in [0.2, 0.25) is 0 Å². The normalized spacial score (nSPS) is 17.2. The molecule has 0 aliphatic carbocycles. The number of carbonyl (C=O) groups is 1. The highest BCUT2D eigenvalue weighted by Gasteiger charge is 2.31. The summed E-state index contributed by atoms with van der Waals surface area (Å²) < 4.78 is 16.9. The summed E-state index contributed by atoms with van der Waals surface area (Å²) in [6.07, 6.45) is 3.30. The molecule has 1 N–H and O–H groups in total. The van der Waals surface area contributed by atoms with Gasteiger partial charge in [0, 0.05) is 22.2 Å². The van der Waals surface area contributed by atoms with Gasteiger partial charge in [0.1, 0.15) is 35.7 Å². The molecule has 33 heavy (non-hydrogen) atoms. The van der Waals surface area contributed by atoms with Gasteiger partial charge in [0.25, 0.3) is 0 Å². The second-order valence-corrected chi connectivity index (χ2v) is 10.3. The highest BCUT2D eigenvalue weighted by molar-refractivity contribution is 7.15. The lowest BCUT2D eigenvalue weighted by Crippen LogP contribution is -2.38. The van der Waals surface area contributed by atoms with Crippen molar-refractivity contribution >= 4 is 23.1 Å². The van der Waals surface area contributed by atoms with Gasteiger partial charge in [0.05, 0.1) is 5.69 Å². The molecule has 2 aliphatic heterocycles. The third kappa shape index (κ3) is 4.39. The molecule has 1 atom stereocenters. The van der Waals surface area contributed by atoms with E-state index in [0.29, 0.717) is 19.6 Å². The molecule has 0 amide bonds. The maximum Gasteiger partial charge on any atom is 0.329 e. The first kappa shape index (κ1) is 21.7. The standard InChI is InChI=1S/C25H27N3O4S/c1-14-16(9-10-26-21(14)15-5-7-18-19(13-15)31-12-11-30-18)23-28-22-20(33-23)8-6-17(27-22)24(29)32-25(2,3)4/h5,7,9-10,13,17,27H,6,8,11-12H2,1-4H3. The lowest BCUT2D eigenvalue weighted by molar-refractivity contribution is -0.156. The first-order valence-corrected chi connectivity index (χ1v) is 12.0. The molecule has 1 aromatic carbocycles. The molecule has 0 saturated carbocycles. The van der Waals surface area contributed by atoms with Crippen LogP contribution in [0.1, 0.15) is 37.6 Å². The van der Waals surface area contributed by atoms with Gasteiger partial charge in [-0.25, -0.2) is 9.78 Å². The number of rotatable bonds is 3. The number of nitrogens with one attached hydrogen (secondary N) is 1. The first-order valence-electron chi connectivity index (χ1n) is 11.1. The number of aromatic nitrogens is 2. The van der Waals surface area contributed by atoms with E-state index in [4.69, 9.17) is 19.2 Å². The fourth-order valence-electron chi connectivity index (χ4n) is 4.06. The van der Waals surface area contributed by atoms with Gasteiger partial charge in [-0.2, -0.15) is 0 Å². The van der Waals surface area contributed by atoms with Crippen LogP contribution >= 0.6 is 11.3 Å². The Balaban J connectivity index is 1.42. The Hall–Kier alpha value is -3.13. The van der Waals surface area contributed by atoms with Gasteiger partial charge in [-0.3, -0.25) is 4.98 Å². The van der Waals surface area contributed by atoms with E-state index in [1.807, 2.05) is 51.2 Å². The highest BCUT2D eigenvalue weighted by atomic mass is 32.1. The van der Waals surface area contributed by atoms with Crippen LogP contribution in [0.3, 0.4) is 0 Å². The molecule has 5 rings (SSSR count). The smallest absolute Gasteiger partial charge is 0.329 e. The summed E-state index contributed by atoms with van der Waals surface area (Å²) >= 11 is 1.66. The third-order valence-electron chi connectivity index (χ3n) is 5.61. The number of benzene rings is 1. The zero-order chi connectivity index (χ0) is 23.2. The number of fused-ring (bicyclic) bond motifs is 2. The van der Waals surface area contributed by atoms with Crippen molar-refractivity contribution in [2.75, 3.05) is 18.5 Å². The Kier molecular flexibility index (Phi) is 5.48. The van der Waals surface area contributed by atoms with E-state index in [-0.39, 0.29) is 12.0 Å². The van der Waals surface area contributed by atoms with Crippen molar-refractivity contribution in [1.29, 1.82) is 0 Å². The fraction of sp³-hybridized carbons (Fsp3) is 0.400. The Bertz CT molecular complexity index is 1210. The number of ether oxygens (including phenoxy) is 3. The molecule has 0 bridgehead atoms. The van der Waals surface area contributed by atoms with Gasteiger partial charge in [-0.15, -0.1) is 11.3 Å². The van der Waals surface area contributed by atoms with Gasteiger partial charge < -0.3 is 19.5 Å². The minimum absolute atomic E-state index is 0.233. The van der Waals surface area contributed by atoms with Crippen LogP contribution < -0.4 is 14.8 Å². The van der Waals surface area contributed by atoms with Crippen molar-refractivity contribution in [1.82, 2.24) is 9.97 Å². The van der Waals surface area contributed by atoms with E-state index in [0.717, 1.165) is 56.0 Å². The molecular weight excluding hydrogens is 438 g/mol. The summed E-state index contributed by atoms with van der Waals surface area (Å²) in [5, 5.41) is 4.20. The maximum atomic E-state index is 12.5. The summed E-state index contributed by atoms with van der Waals surface area (Å²) in [6.45, 7) is 8.82. The van der Waals surface area contributed by atoms with Gasteiger partial charge in [-0.1, -0.05) is 0 Å². The molecule has 2 aromatic heterocycles. The quantitative estimate of drug-likeness (QED) is 0.544. The number of esters is 1. The SMILES string of the molecule is Cc1c(-c2nc3c(s2)CCC(C(=O)OC(C)(C)C)N3)ccnc1-c1ccc2c(c1)OCCO2. The predicted molar refractivity (Wildman–Crippen MR) is 128 cm³/mol. The zero-order valence-corrected chi connectivity index (χ0v) is 20.0. The topological polar surface area (TPSA) is 82.6 Å². The summed E-state index contributed by atoms with van der Waals surface area (Å²) in [4.78, 5) is 23.2. The van der Waals surface area contributed by atoms with Crippen molar-refractivity contribution in [2.45, 2.75) is 52.2 Å². The van der Waals surface area contributed by atoms with Crippen LogP contribution in [0.15, 0.2) is 30.5 Å². The number of hydrogen-bond donors (Lipinski definition) is 1. The molecule has 1 unspecified atom stereocenters. The monoisotopic (exact) mass is 465 g/mol. The minimum atomic E-state index is -0.509.